The molecule has 0 bridgehead atoms. The molecule has 1 aliphatic carbocycles. The summed E-state index contributed by atoms with van der Waals surface area (Å²) >= 11 is 0. The summed E-state index contributed by atoms with van der Waals surface area (Å²) < 4.78 is 0. The molecule has 2 aliphatic heterocycles. The minimum absolute atomic E-state index is 0.0210. The zero-order valence-corrected chi connectivity index (χ0v) is 11.8. The molecule has 3 rings (SSSR count). The van der Waals surface area contributed by atoms with Gasteiger partial charge >= 0.3 is 0 Å². The van der Waals surface area contributed by atoms with E-state index in [2.05, 4.69) is 30.1 Å². The van der Waals surface area contributed by atoms with Gasteiger partial charge in [-0.2, -0.15) is 0 Å². The van der Waals surface area contributed by atoms with Crippen LogP contribution in [0.2, 0.25) is 0 Å². The van der Waals surface area contributed by atoms with Crippen molar-refractivity contribution in [2.75, 3.05) is 19.7 Å². The number of aliphatic hydroxyl groups is 2. The van der Waals surface area contributed by atoms with Crippen molar-refractivity contribution in [2.24, 2.45) is 11.8 Å². The van der Waals surface area contributed by atoms with E-state index in [4.69, 9.17) is 0 Å². The van der Waals surface area contributed by atoms with Crippen LogP contribution in [0.1, 0.15) is 32.6 Å². The fourth-order valence-electron chi connectivity index (χ4n) is 4.44. The first-order valence-corrected chi connectivity index (χ1v) is 7.59. The highest BCUT2D eigenvalue weighted by atomic mass is 16.3. The summed E-state index contributed by atoms with van der Waals surface area (Å²) in [5.41, 5.74) is 1.36. The van der Waals surface area contributed by atoms with Gasteiger partial charge in [0.05, 0.1) is 11.6 Å². The van der Waals surface area contributed by atoms with Crippen LogP contribution < -0.4 is 0 Å². The average molecular weight is 263 g/mol. The second kappa shape index (κ2) is 5.04. The number of piperidine rings is 1. The Balaban J connectivity index is 2.04. The summed E-state index contributed by atoms with van der Waals surface area (Å²) in [6.07, 6.45) is 10.5. The predicted molar refractivity (Wildman–Crippen MR) is 75.7 cm³/mol. The fraction of sp³-hybridized carbons (Fsp3) is 0.750. The van der Waals surface area contributed by atoms with Crippen molar-refractivity contribution in [3.8, 4) is 0 Å². The van der Waals surface area contributed by atoms with Gasteiger partial charge in [0, 0.05) is 19.1 Å². The summed E-state index contributed by atoms with van der Waals surface area (Å²) in [6, 6.07) is 0. The van der Waals surface area contributed by atoms with E-state index in [9.17, 15) is 10.2 Å². The highest BCUT2D eigenvalue weighted by molar-refractivity contribution is 5.39. The normalized spacial score (nSPS) is 39.6. The Labute approximate surface area is 115 Å². The Bertz CT molecular complexity index is 404. The van der Waals surface area contributed by atoms with E-state index in [-0.39, 0.29) is 24.2 Å². The number of hydrogen-bond acceptors (Lipinski definition) is 3. The number of rotatable bonds is 3. The third-order valence-corrected chi connectivity index (χ3v) is 5.26. The van der Waals surface area contributed by atoms with Gasteiger partial charge in [-0.15, -0.1) is 0 Å². The minimum Gasteiger partial charge on any atom is -0.396 e. The molecule has 1 saturated heterocycles. The van der Waals surface area contributed by atoms with E-state index < -0.39 is 0 Å². The second-order valence-electron chi connectivity index (χ2n) is 6.48. The lowest BCUT2D eigenvalue weighted by molar-refractivity contribution is -0.0589. The third kappa shape index (κ3) is 1.99. The molecule has 0 aromatic rings. The van der Waals surface area contributed by atoms with Gasteiger partial charge in [0.2, 0.25) is 0 Å². The van der Waals surface area contributed by atoms with Crippen LogP contribution in [-0.2, 0) is 0 Å². The maximum Gasteiger partial charge on any atom is 0.0624 e. The maximum atomic E-state index is 10.5. The number of aliphatic hydroxyl groups excluding tert-OH is 2. The van der Waals surface area contributed by atoms with Crippen molar-refractivity contribution in [1.82, 2.24) is 4.90 Å². The molecule has 19 heavy (non-hydrogen) atoms. The van der Waals surface area contributed by atoms with E-state index in [1.54, 1.807) is 0 Å². The summed E-state index contributed by atoms with van der Waals surface area (Å²) in [7, 11) is 0. The lowest BCUT2D eigenvalue weighted by atomic mass is 9.61. The average Bonchev–Trinajstić information content (AvgIpc) is 2.42. The Morgan fingerprint density at radius 1 is 1.53 bits per heavy atom. The molecule has 0 aromatic carbocycles. The Morgan fingerprint density at radius 3 is 3.16 bits per heavy atom. The van der Waals surface area contributed by atoms with E-state index >= 15 is 0 Å². The highest BCUT2D eigenvalue weighted by Crippen LogP contribution is 2.50. The highest BCUT2D eigenvalue weighted by Gasteiger charge is 2.53. The van der Waals surface area contributed by atoms with Crippen molar-refractivity contribution in [1.29, 1.82) is 0 Å². The van der Waals surface area contributed by atoms with Gasteiger partial charge in [0.1, 0.15) is 0 Å². The molecule has 0 radical (unpaired) electrons. The molecular weight excluding hydrogens is 238 g/mol. The van der Waals surface area contributed by atoms with Crippen molar-refractivity contribution in [3.63, 3.8) is 0 Å². The van der Waals surface area contributed by atoms with E-state index in [1.807, 2.05) is 0 Å². The second-order valence-corrected chi connectivity index (χ2v) is 6.48. The molecule has 106 valence electrons. The molecule has 2 heterocycles. The first kappa shape index (κ1) is 13.3. The number of hydrogen-bond donors (Lipinski definition) is 2. The summed E-state index contributed by atoms with van der Waals surface area (Å²) in [4.78, 5) is 2.54. The topological polar surface area (TPSA) is 43.7 Å². The first-order chi connectivity index (χ1) is 9.18. The van der Waals surface area contributed by atoms with Crippen LogP contribution in [0.25, 0.3) is 0 Å². The minimum atomic E-state index is -0.219. The van der Waals surface area contributed by atoms with Crippen molar-refractivity contribution >= 4 is 0 Å². The van der Waals surface area contributed by atoms with Crippen LogP contribution in [0.15, 0.2) is 23.8 Å². The molecule has 4 atom stereocenters. The van der Waals surface area contributed by atoms with Crippen LogP contribution in [0.5, 0.6) is 0 Å². The van der Waals surface area contributed by atoms with Crippen molar-refractivity contribution in [3.05, 3.63) is 23.8 Å². The summed E-state index contributed by atoms with van der Waals surface area (Å²) in [5, 5.41) is 19.9. The molecule has 0 spiro atoms. The molecule has 0 saturated carbocycles. The monoisotopic (exact) mass is 263 g/mol. The maximum absolute atomic E-state index is 10.5. The van der Waals surface area contributed by atoms with Crippen LogP contribution in [0, 0.1) is 11.8 Å². The van der Waals surface area contributed by atoms with Crippen LogP contribution in [0.3, 0.4) is 0 Å². The van der Waals surface area contributed by atoms with Crippen LogP contribution in [-0.4, -0.2) is 46.5 Å². The van der Waals surface area contributed by atoms with Gasteiger partial charge in [-0.05, 0) is 43.7 Å². The standard InChI is InChI=1S/C16H25NO2/c1-12(11-18)10-16-13-4-2-8-17(16)9-3-5-14(16)15(19)7-6-13/h2,4,6,12,14-15,18-19H,3,5,7-11H2,1H3/t12-,14+,15+,16-/m1/s1. The Kier molecular flexibility index (Phi) is 3.54. The molecule has 3 nitrogen and oxygen atoms in total. The van der Waals surface area contributed by atoms with Gasteiger partial charge in [-0.3, -0.25) is 4.90 Å². The molecule has 3 aliphatic rings. The summed E-state index contributed by atoms with van der Waals surface area (Å²) in [6.45, 7) is 4.44. The zero-order chi connectivity index (χ0) is 13.5. The molecule has 0 amide bonds. The summed E-state index contributed by atoms with van der Waals surface area (Å²) in [5.74, 6) is 0.614. The Morgan fingerprint density at radius 2 is 2.37 bits per heavy atom. The number of nitrogens with zero attached hydrogens (tertiary/aromatic N) is 1. The third-order valence-electron chi connectivity index (χ3n) is 5.26. The molecule has 3 heteroatoms. The molecular formula is C16H25NO2. The van der Waals surface area contributed by atoms with Crippen molar-refractivity contribution < 1.29 is 10.2 Å². The van der Waals surface area contributed by atoms with Crippen LogP contribution in [0.4, 0.5) is 0 Å². The smallest absolute Gasteiger partial charge is 0.0624 e. The fourth-order valence-corrected chi connectivity index (χ4v) is 4.44. The molecule has 0 unspecified atom stereocenters. The molecule has 2 N–H and O–H groups in total. The SMILES string of the molecule is C[C@@H](CO)C[C@@]12C3=CC[C@H](O)[C@@H]1CCCN2CC=C3. The lowest BCUT2D eigenvalue weighted by Crippen LogP contribution is -2.64. The van der Waals surface area contributed by atoms with E-state index in [0.717, 1.165) is 32.4 Å². The van der Waals surface area contributed by atoms with Crippen molar-refractivity contribution in [2.45, 2.75) is 44.2 Å². The van der Waals surface area contributed by atoms with Gasteiger partial charge in [-0.1, -0.05) is 25.2 Å². The van der Waals surface area contributed by atoms with E-state index in [1.165, 1.54) is 12.0 Å². The van der Waals surface area contributed by atoms with E-state index in [0.29, 0.717) is 5.92 Å². The van der Waals surface area contributed by atoms with Gasteiger partial charge in [0.25, 0.3) is 0 Å². The molecule has 1 fully saturated rings. The van der Waals surface area contributed by atoms with Crippen LogP contribution >= 0.6 is 0 Å². The van der Waals surface area contributed by atoms with Gasteiger partial charge < -0.3 is 10.2 Å². The largest absolute Gasteiger partial charge is 0.396 e. The molecule has 0 aromatic heterocycles. The lowest BCUT2D eigenvalue weighted by Gasteiger charge is -2.58. The Hall–Kier alpha value is -0.640. The van der Waals surface area contributed by atoms with Gasteiger partial charge in [0.15, 0.2) is 0 Å². The first-order valence-electron chi connectivity index (χ1n) is 7.59. The zero-order valence-electron chi connectivity index (χ0n) is 11.8. The van der Waals surface area contributed by atoms with Gasteiger partial charge in [-0.25, -0.2) is 0 Å². The quantitative estimate of drug-likeness (QED) is 0.815. The predicted octanol–water partition coefficient (Wildman–Crippen LogP) is 1.72.